The maximum Gasteiger partial charge on any atom is 0.312 e. The van der Waals surface area contributed by atoms with Crippen molar-refractivity contribution >= 4 is 5.97 Å². The molecule has 0 saturated carbocycles. The highest BCUT2D eigenvalue weighted by Gasteiger charge is 2.23. The summed E-state index contributed by atoms with van der Waals surface area (Å²) >= 11 is 0. The van der Waals surface area contributed by atoms with Crippen LogP contribution in [0.3, 0.4) is 0 Å². The van der Waals surface area contributed by atoms with Crippen LogP contribution in [0.5, 0.6) is 0 Å². The molecule has 98 valence electrons. The number of ether oxygens (including phenoxy) is 1. The Bertz CT molecular complexity index is 279. The molecule has 0 unspecified atom stereocenters. The minimum Gasteiger partial charge on any atom is -0.466 e. The number of carbonyl (C=O) groups excluding carboxylic acids is 1. The highest BCUT2D eigenvalue weighted by molar-refractivity contribution is 5.75. The van der Waals surface area contributed by atoms with E-state index in [9.17, 15) is 4.79 Å². The van der Waals surface area contributed by atoms with Crippen LogP contribution in [0.1, 0.15) is 53.4 Å². The summed E-state index contributed by atoms with van der Waals surface area (Å²) in [6.45, 7) is 8.86. The van der Waals surface area contributed by atoms with E-state index >= 15 is 0 Å². The fourth-order valence-corrected chi connectivity index (χ4v) is 2.60. The maximum absolute atomic E-state index is 11.6. The number of carbonyl (C=O) groups is 1. The topological polar surface area (TPSA) is 26.3 Å². The third-order valence-electron chi connectivity index (χ3n) is 3.56. The second-order valence-electron chi connectivity index (χ2n) is 5.52. The normalized spacial score (nSPS) is 22.2. The predicted octanol–water partition coefficient (Wildman–Crippen LogP) is 3.96. The van der Waals surface area contributed by atoms with Crippen LogP contribution in [0.2, 0.25) is 0 Å². The van der Waals surface area contributed by atoms with Gasteiger partial charge in [0.15, 0.2) is 0 Å². The standard InChI is InChI=1S/C15H26O2/c1-5-17-15(16)12(4)14-8-6-13(7-9-14)10-11(2)3/h8,11-13H,5-7,9-10H2,1-4H3/t12-,13-/m1/s1. The van der Waals surface area contributed by atoms with E-state index < -0.39 is 0 Å². The fourth-order valence-electron chi connectivity index (χ4n) is 2.60. The van der Waals surface area contributed by atoms with Crippen molar-refractivity contribution < 1.29 is 9.53 Å². The van der Waals surface area contributed by atoms with E-state index in [4.69, 9.17) is 4.74 Å². The number of hydrogen-bond donors (Lipinski definition) is 0. The molecule has 2 nitrogen and oxygen atoms in total. The van der Waals surface area contributed by atoms with Gasteiger partial charge in [-0.15, -0.1) is 0 Å². The van der Waals surface area contributed by atoms with Gasteiger partial charge in [0.05, 0.1) is 12.5 Å². The molecule has 0 radical (unpaired) electrons. The number of hydrogen-bond acceptors (Lipinski definition) is 2. The average molecular weight is 238 g/mol. The van der Waals surface area contributed by atoms with E-state index in [0.717, 1.165) is 24.7 Å². The van der Waals surface area contributed by atoms with Gasteiger partial charge >= 0.3 is 5.97 Å². The molecule has 0 heterocycles. The third-order valence-corrected chi connectivity index (χ3v) is 3.56. The Hall–Kier alpha value is -0.790. The molecule has 0 aromatic rings. The smallest absolute Gasteiger partial charge is 0.312 e. The summed E-state index contributed by atoms with van der Waals surface area (Å²) in [6, 6.07) is 0. The van der Waals surface area contributed by atoms with Gasteiger partial charge in [-0.05, 0) is 51.4 Å². The molecule has 17 heavy (non-hydrogen) atoms. The lowest BCUT2D eigenvalue weighted by Crippen LogP contribution is -2.20. The van der Waals surface area contributed by atoms with Gasteiger partial charge in [-0.2, -0.15) is 0 Å². The molecule has 0 aromatic carbocycles. The Morgan fingerprint density at radius 3 is 2.65 bits per heavy atom. The van der Waals surface area contributed by atoms with Crippen molar-refractivity contribution in [3.63, 3.8) is 0 Å². The maximum atomic E-state index is 11.6. The first-order valence-electron chi connectivity index (χ1n) is 6.90. The molecule has 0 N–H and O–H groups in total. The quantitative estimate of drug-likeness (QED) is 0.535. The Morgan fingerprint density at radius 2 is 2.18 bits per heavy atom. The molecule has 1 aliphatic carbocycles. The van der Waals surface area contributed by atoms with E-state index in [1.807, 2.05) is 13.8 Å². The zero-order chi connectivity index (χ0) is 12.8. The summed E-state index contributed by atoms with van der Waals surface area (Å²) in [5, 5.41) is 0. The number of allylic oxidation sites excluding steroid dienone is 1. The highest BCUT2D eigenvalue weighted by atomic mass is 16.5. The van der Waals surface area contributed by atoms with Crippen molar-refractivity contribution in [3.8, 4) is 0 Å². The molecule has 0 aliphatic heterocycles. The van der Waals surface area contributed by atoms with Crippen LogP contribution in [0.4, 0.5) is 0 Å². The lowest BCUT2D eigenvalue weighted by atomic mass is 9.81. The monoisotopic (exact) mass is 238 g/mol. The SMILES string of the molecule is CCOC(=O)[C@H](C)C1=CC[C@@H](CC(C)C)CC1. The summed E-state index contributed by atoms with van der Waals surface area (Å²) in [7, 11) is 0. The summed E-state index contributed by atoms with van der Waals surface area (Å²) in [5.41, 5.74) is 1.28. The Kier molecular flexibility index (Phi) is 5.73. The molecule has 0 fully saturated rings. The fraction of sp³-hybridized carbons (Fsp3) is 0.800. The van der Waals surface area contributed by atoms with Crippen LogP contribution >= 0.6 is 0 Å². The highest BCUT2D eigenvalue weighted by Crippen LogP contribution is 2.32. The molecular weight excluding hydrogens is 212 g/mol. The van der Waals surface area contributed by atoms with Gasteiger partial charge in [-0.3, -0.25) is 4.79 Å². The first kappa shape index (κ1) is 14.3. The van der Waals surface area contributed by atoms with Crippen molar-refractivity contribution in [2.24, 2.45) is 17.8 Å². The van der Waals surface area contributed by atoms with Gasteiger partial charge in [0.25, 0.3) is 0 Å². The van der Waals surface area contributed by atoms with Crippen molar-refractivity contribution in [2.75, 3.05) is 6.61 Å². The zero-order valence-corrected chi connectivity index (χ0v) is 11.7. The molecule has 0 spiro atoms. The molecule has 0 saturated heterocycles. The minimum atomic E-state index is -0.0685. The van der Waals surface area contributed by atoms with E-state index in [1.54, 1.807) is 0 Å². The van der Waals surface area contributed by atoms with E-state index in [2.05, 4.69) is 19.9 Å². The Balaban J connectivity index is 2.47. The molecular formula is C15H26O2. The van der Waals surface area contributed by atoms with Gasteiger partial charge in [0.2, 0.25) is 0 Å². The first-order valence-corrected chi connectivity index (χ1v) is 6.90. The van der Waals surface area contributed by atoms with Gasteiger partial charge in [-0.25, -0.2) is 0 Å². The second kappa shape index (κ2) is 6.83. The predicted molar refractivity (Wildman–Crippen MR) is 70.7 cm³/mol. The number of rotatable bonds is 5. The van der Waals surface area contributed by atoms with E-state index in [-0.39, 0.29) is 11.9 Å². The Morgan fingerprint density at radius 1 is 1.47 bits per heavy atom. The largest absolute Gasteiger partial charge is 0.466 e. The lowest BCUT2D eigenvalue weighted by Gasteiger charge is -2.25. The molecule has 1 rings (SSSR count). The van der Waals surface area contributed by atoms with Crippen LogP contribution in [-0.2, 0) is 9.53 Å². The van der Waals surface area contributed by atoms with Crippen LogP contribution in [0.15, 0.2) is 11.6 Å². The zero-order valence-electron chi connectivity index (χ0n) is 11.7. The van der Waals surface area contributed by atoms with E-state index in [0.29, 0.717) is 6.61 Å². The van der Waals surface area contributed by atoms with Crippen LogP contribution in [0, 0.1) is 17.8 Å². The lowest BCUT2D eigenvalue weighted by molar-refractivity contribution is -0.146. The van der Waals surface area contributed by atoms with Crippen LogP contribution in [0.25, 0.3) is 0 Å². The van der Waals surface area contributed by atoms with Crippen LogP contribution < -0.4 is 0 Å². The number of esters is 1. The Labute approximate surface area is 105 Å². The summed E-state index contributed by atoms with van der Waals surface area (Å²) in [6.07, 6.45) is 7.01. The van der Waals surface area contributed by atoms with Crippen molar-refractivity contribution in [1.29, 1.82) is 0 Å². The molecule has 2 heteroatoms. The molecule has 0 amide bonds. The summed E-state index contributed by atoms with van der Waals surface area (Å²) < 4.78 is 5.07. The minimum absolute atomic E-state index is 0.0463. The van der Waals surface area contributed by atoms with Crippen molar-refractivity contribution in [1.82, 2.24) is 0 Å². The molecule has 1 aliphatic rings. The average Bonchev–Trinajstić information content (AvgIpc) is 2.28. The van der Waals surface area contributed by atoms with Crippen molar-refractivity contribution in [2.45, 2.75) is 53.4 Å². The molecule has 2 atom stereocenters. The second-order valence-corrected chi connectivity index (χ2v) is 5.52. The van der Waals surface area contributed by atoms with Gasteiger partial charge in [0, 0.05) is 0 Å². The summed E-state index contributed by atoms with van der Waals surface area (Å²) in [5.74, 6) is 1.47. The van der Waals surface area contributed by atoms with Crippen molar-refractivity contribution in [3.05, 3.63) is 11.6 Å². The third kappa shape index (κ3) is 4.53. The van der Waals surface area contributed by atoms with Gasteiger partial charge in [0.1, 0.15) is 0 Å². The van der Waals surface area contributed by atoms with Crippen LogP contribution in [-0.4, -0.2) is 12.6 Å². The van der Waals surface area contributed by atoms with Gasteiger partial charge < -0.3 is 4.74 Å². The van der Waals surface area contributed by atoms with E-state index in [1.165, 1.54) is 18.4 Å². The van der Waals surface area contributed by atoms with Gasteiger partial charge in [-0.1, -0.05) is 25.5 Å². The first-order chi connectivity index (χ1) is 8.04. The molecule has 0 aromatic heterocycles. The summed E-state index contributed by atoms with van der Waals surface area (Å²) in [4.78, 5) is 11.6. The molecule has 0 bridgehead atoms.